The first-order chi connectivity index (χ1) is 17.8. The van der Waals surface area contributed by atoms with Gasteiger partial charge in [-0.1, -0.05) is 35.9 Å². The number of halogens is 1. The van der Waals surface area contributed by atoms with Gasteiger partial charge in [-0.15, -0.1) is 0 Å². The van der Waals surface area contributed by atoms with E-state index in [1.165, 1.54) is 0 Å². The van der Waals surface area contributed by atoms with Crippen molar-refractivity contribution in [1.82, 2.24) is 15.1 Å². The molecule has 1 spiro atoms. The molecule has 11 heteroatoms. The fourth-order valence-electron chi connectivity index (χ4n) is 4.81. The zero-order valence-corrected chi connectivity index (χ0v) is 21.4. The third kappa shape index (κ3) is 5.96. The third-order valence-corrected chi connectivity index (χ3v) is 6.83. The Kier molecular flexibility index (Phi) is 8.17. The van der Waals surface area contributed by atoms with Gasteiger partial charge in [0.05, 0.1) is 13.3 Å². The van der Waals surface area contributed by atoms with Crippen molar-refractivity contribution in [1.29, 1.82) is 0 Å². The molecule has 2 aromatic rings. The lowest BCUT2D eigenvalue weighted by Gasteiger charge is -2.43. The molecule has 0 unspecified atom stereocenters. The number of carbonyl (C=O) groups excluding carboxylic acids is 4. The van der Waals surface area contributed by atoms with Crippen LogP contribution < -0.4 is 15.5 Å². The number of esters is 1. The summed E-state index contributed by atoms with van der Waals surface area (Å²) in [4.78, 5) is 55.9. The third-order valence-electron chi connectivity index (χ3n) is 6.59. The molecule has 4 rings (SSSR count). The molecule has 0 radical (unpaired) electrons. The Morgan fingerprint density at radius 1 is 1.05 bits per heavy atom. The Balaban J connectivity index is 1.45. The molecule has 2 N–H and O–H groups in total. The van der Waals surface area contributed by atoms with E-state index in [1.54, 1.807) is 41.0 Å². The van der Waals surface area contributed by atoms with Crippen LogP contribution in [0, 0.1) is 0 Å². The second kappa shape index (κ2) is 11.5. The number of benzene rings is 2. The summed E-state index contributed by atoms with van der Waals surface area (Å²) in [5.41, 5.74) is 0.546. The van der Waals surface area contributed by atoms with Gasteiger partial charge in [-0.05, 0) is 50.1 Å². The Morgan fingerprint density at radius 2 is 1.78 bits per heavy atom. The molecule has 196 valence electrons. The normalized spacial score (nSPS) is 16.6. The van der Waals surface area contributed by atoms with Crippen molar-refractivity contribution in [2.75, 3.05) is 49.7 Å². The lowest BCUT2D eigenvalue weighted by molar-refractivity contribution is -0.141. The SMILES string of the molecule is CCOC(=O)CNC(=O)N1CCC2(CC1)C(=O)N(CC(=O)Nc1cccc(Cl)c1)CN2c1ccccc1. The molecule has 2 aliphatic heterocycles. The molecular formula is C26H30ClN5O5. The Labute approximate surface area is 220 Å². The van der Waals surface area contributed by atoms with E-state index in [0.29, 0.717) is 36.6 Å². The Bertz CT molecular complexity index is 1150. The maximum absolute atomic E-state index is 13.8. The number of amides is 4. The number of nitrogens with zero attached hydrogens (tertiary/aromatic N) is 3. The van der Waals surface area contributed by atoms with Gasteiger partial charge in [-0.2, -0.15) is 0 Å². The Hall–Kier alpha value is -3.79. The van der Waals surface area contributed by atoms with E-state index in [9.17, 15) is 19.2 Å². The number of ether oxygens (including phenoxy) is 1. The van der Waals surface area contributed by atoms with Crippen LogP contribution in [0.4, 0.5) is 16.2 Å². The summed E-state index contributed by atoms with van der Waals surface area (Å²) in [6.45, 7) is 2.52. The van der Waals surface area contributed by atoms with Crippen molar-refractivity contribution in [3.8, 4) is 0 Å². The molecule has 2 fully saturated rings. The standard InChI is InChI=1S/C26H30ClN5O5/c1-2-37-23(34)16-28-25(36)30-13-11-26(12-14-30)24(35)31(18-32(26)21-9-4-3-5-10-21)17-22(33)29-20-8-6-7-19(27)15-20/h3-10,15H,2,11-14,16-18H2,1H3,(H,28,36)(H,29,33). The molecule has 0 aliphatic carbocycles. The molecular weight excluding hydrogens is 498 g/mol. The van der Waals surface area contributed by atoms with Gasteiger partial charge in [-0.25, -0.2) is 4.79 Å². The molecule has 10 nitrogen and oxygen atoms in total. The van der Waals surface area contributed by atoms with E-state index >= 15 is 0 Å². The monoisotopic (exact) mass is 527 g/mol. The van der Waals surface area contributed by atoms with Gasteiger partial charge in [0, 0.05) is 29.5 Å². The molecule has 0 atom stereocenters. The van der Waals surface area contributed by atoms with Crippen molar-refractivity contribution in [3.05, 3.63) is 59.6 Å². The van der Waals surface area contributed by atoms with Crippen molar-refractivity contribution in [2.24, 2.45) is 0 Å². The topological polar surface area (TPSA) is 111 Å². The van der Waals surface area contributed by atoms with Gasteiger partial charge in [0.1, 0.15) is 18.6 Å². The number of para-hydroxylation sites is 1. The summed E-state index contributed by atoms with van der Waals surface area (Å²) in [6.07, 6.45) is 0.778. The van der Waals surface area contributed by atoms with Crippen molar-refractivity contribution in [2.45, 2.75) is 25.3 Å². The quantitative estimate of drug-likeness (QED) is 0.536. The number of rotatable bonds is 7. The number of hydrogen-bond acceptors (Lipinski definition) is 6. The smallest absolute Gasteiger partial charge is 0.325 e. The first kappa shape index (κ1) is 26.3. The highest BCUT2D eigenvalue weighted by molar-refractivity contribution is 6.30. The van der Waals surface area contributed by atoms with Gasteiger partial charge in [0.15, 0.2) is 0 Å². The minimum atomic E-state index is -0.879. The zero-order valence-electron chi connectivity index (χ0n) is 20.6. The predicted molar refractivity (Wildman–Crippen MR) is 139 cm³/mol. The van der Waals surface area contributed by atoms with Crippen LogP contribution in [0.15, 0.2) is 54.6 Å². The van der Waals surface area contributed by atoms with E-state index in [4.69, 9.17) is 16.3 Å². The van der Waals surface area contributed by atoms with Crippen LogP contribution >= 0.6 is 11.6 Å². The first-order valence-electron chi connectivity index (χ1n) is 12.2. The molecule has 4 amide bonds. The number of hydrogen-bond donors (Lipinski definition) is 2. The van der Waals surface area contributed by atoms with Gasteiger partial charge in [-0.3, -0.25) is 14.4 Å². The highest BCUT2D eigenvalue weighted by atomic mass is 35.5. The number of carbonyl (C=O) groups is 4. The van der Waals surface area contributed by atoms with Gasteiger partial charge in [0.25, 0.3) is 5.91 Å². The lowest BCUT2D eigenvalue weighted by atomic mass is 9.85. The largest absolute Gasteiger partial charge is 0.465 e. The summed E-state index contributed by atoms with van der Waals surface area (Å²) < 4.78 is 4.85. The van der Waals surface area contributed by atoms with E-state index in [2.05, 4.69) is 10.6 Å². The van der Waals surface area contributed by atoms with Gasteiger partial charge in [0.2, 0.25) is 5.91 Å². The van der Waals surface area contributed by atoms with Crippen molar-refractivity contribution >= 4 is 46.8 Å². The minimum absolute atomic E-state index is 0.111. The summed E-state index contributed by atoms with van der Waals surface area (Å²) in [6, 6.07) is 16.0. The zero-order chi connectivity index (χ0) is 26.4. The predicted octanol–water partition coefficient (Wildman–Crippen LogP) is 2.69. The lowest BCUT2D eigenvalue weighted by Crippen LogP contribution is -2.58. The number of nitrogens with one attached hydrogen (secondary N) is 2. The van der Waals surface area contributed by atoms with E-state index < -0.39 is 11.5 Å². The second-order valence-electron chi connectivity index (χ2n) is 8.95. The first-order valence-corrected chi connectivity index (χ1v) is 12.6. The molecule has 2 aliphatic rings. The number of likely N-dealkylation sites (tertiary alicyclic amines) is 1. The van der Waals surface area contributed by atoms with E-state index in [0.717, 1.165) is 5.69 Å². The summed E-state index contributed by atoms with van der Waals surface area (Å²) in [5, 5.41) is 5.87. The van der Waals surface area contributed by atoms with Crippen LogP contribution in [-0.2, 0) is 19.1 Å². The molecule has 37 heavy (non-hydrogen) atoms. The molecule has 2 saturated heterocycles. The number of urea groups is 1. The minimum Gasteiger partial charge on any atom is -0.465 e. The van der Waals surface area contributed by atoms with E-state index in [1.807, 2.05) is 35.2 Å². The second-order valence-corrected chi connectivity index (χ2v) is 9.39. The highest BCUT2D eigenvalue weighted by Gasteiger charge is 2.54. The van der Waals surface area contributed by atoms with Gasteiger partial charge >= 0.3 is 12.0 Å². The molecule has 2 heterocycles. The summed E-state index contributed by atoms with van der Waals surface area (Å²) in [7, 11) is 0. The molecule has 0 aromatic heterocycles. The number of anilines is 2. The fourth-order valence-corrected chi connectivity index (χ4v) is 5.00. The van der Waals surface area contributed by atoms with Gasteiger partial charge < -0.3 is 30.1 Å². The highest BCUT2D eigenvalue weighted by Crippen LogP contribution is 2.39. The Morgan fingerprint density at radius 3 is 2.46 bits per heavy atom. The maximum Gasteiger partial charge on any atom is 0.325 e. The van der Waals surface area contributed by atoms with Crippen molar-refractivity contribution in [3.63, 3.8) is 0 Å². The van der Waals surface area contributed by atoms with Crippen LogP contribution in [0.5, 0.6) is 0 Å². The average Bonchev–Trinajstić information content (AvgIpc) is 3.14. The summed E-state index contributed by atoms with van der Waals surface area (Å²) >= 11 is 6.01. The fraction of sp³-hybridized carbons (Fsp3) is 0.385. The van der Waals surface area contributed by atoms with Crippen molar-refractivity contribution < 1.29 is 23.9 Å². The molecule has 0 saturated carbocycles. The maximum atomic E-state index is 13.8. The average molecular weight is 528 g/mol. The molecule has 2 aromatic carbocycles. The van der Waals surface area contributed by atoms with Crippen LogP contribution in [0.2, 0.25) is 5.02 Å². The number of piperidine rings is 1. The van der Waals surface area contributed by atoms with E-state index in [-0.39, 0.29) is 44.2 Å². The van der Waals surface area contributed by atoms with Crippen LogP contribution in [-0.4, -0.2) is 78.6 Å². The van der Waals surface area contributed by atoms with Crippen LogP contribution in [0.3, 0.4) is 0 Å². The molecule has 0 bridgehead atoms. The summed E-state index contributed by atoms with van der Waals surface area (Å²) in [5.74, 6) is -0.974. The van der Waals surface area contributed by atoms with Crippen LogP contribution in [0.1, 0.15) is 19.8 Å². The van der Waals surface area contributed by atoms with Crippen LogP contribution in [0.25, 0.3) is 0 Å².